The molecular formula is C16H21N7O2. The number of nitrogens with zero attached hydrogens (tertiary/aromatic N) is 4. The van der Waals surface area contributed by atoms with Crippen LogP contribution in [0.1, 0.15) is 25.2 Å². The molecule has 2 fully saturated rings. The highest BCUT2D eigenvalue weighted by atomic mass is 16.5. The molecule has 0 aliphatic carbocycles. The Hall–Kier alpha value is -2.39. The number of rotatable bonds is 4. The van der Waals surface area contributed by atoms with Crippen molar-refractivity contribution >= 4 is 5.91 Å². The second kappa shape index (κ2) is 6.85. The molecule has 2 saturated heterocycles. The van der Waals surface area contributed by atoms with Gasteiger partial charge in [0.25, 0.3) is 0 Å². The van der Waals surface area contributed by atoms with Gasteiger partial charge in [0.2, 0.25) is 23.4 Å². The Bertz CT molecular complexity index is 727. The van der Waals surface area contributed by atoms with Gasteiger partial charge in [-0.1, -0.05) is 5.16 Å². The standard InChI is InChI=1S/C16H21N7O2/c24-15(11-8-16(10-21-11)2-6-17-7-3-16)20-9-12-22-14(23-25-12)13-18-4-1-5-19-13/h1,4-5,11,17,21H,2-3,6-10H2,(H,20,24)/t11-/m0/s1. The van der Waals surface area contributed by atoms with Crippen molar-refractivity contribution in [1.82, 2.24) is 36.1 Å². The molecule has 4 heterocycles. The van der Waals surface area contributed by atoms with Gasteiger partial charge in [0, 0.05) is 18.9 Å². The molecule has 0 unspecified atom stereocenters. The third-order valence-electron chi connectivity index (χ3n) is 4.99. The summed E-state index contributed by atoms with van der Waals surface area (Å²) in [5.74, 6) is 1.03. The van der Waals surface area contributed by atoms with E-state index in [1.807, 2.05) is 0 Å². The summed E-state index contributed by atoms with van der Waals surface area (Å²) in [4.78, 5) is 24.8. The fourth-order valence-electron chi connectivity index (χ4n) is 3.56. The number of amides is 1. The lowest BCUT2D eigenvalue weighted by Gasteiger charge is -2.33. The molecule has 4 rings (SSSR count). The van der Waals surface area contributed by atoms with Crippen molar-refractivity contribution in [2.75, 3.05) is 19.6 Å². The predicted molar refractivity (Wildman–Crippen MR) is 88.1 cm³/mol. The maximum Gasteiger partial charge on any atom is 0.246 e. The molecule has 2 aromatic rings. The Morgan fingerprint density at radius 3 is 2.88 bits per heavy atom. The smallest absolute Gasteiger partial charge is 0.246 e. The van der Waals surface area contributed by atoms with Crippen LogP contribution in [0.2, 0.25) is 0 Å². The lowest BCUT2D eigenvalue weighted by molar-refractivity contribution is -0.123. The predicted octanol–water partition coefficient (Wildman–Crippen LogP) is -0.125. The molecule has 25 heavy (non-hydrogen) atoms. The molecule has 0 radical (unpaired) electrons. The highest BCUT2D eigenvalue weighted by molar-refractivity contribution is 5.82. The summed E-state index contributed by atoms with van der Waals surface area (Å²) in [6.07, 6.45) is 6.35. The van der Waals surface area contributed by atoms with E-state index in [0.29, 0.717) is 17.5 Å². The Morgan fingerprint density at radius 2 is 2.08 bits per heavy atom. The molecule has 2 aliphatic heterocycles. The first-order valence-electron chi connectivity index (χ1n) is 8.56. The average molecular weight is 343 g/mol. The van der Waals surface area contributed by atoms with E-state index in [9.17, 15) is 4.79 Å². The van der Waals surface area contributed by atoms with Gasteiger partial charge in [-0.25, -0.2) is 9.97 Å². The third kappa shape index (κ3) is 3.52. The normalized spacial score (nSPS) is 22.2. The van der Waals surface area contributed by atoms with E-state index in [2.05, 4.69) is 36.1 Å². The van der Waals surface area contributed by atoms with Gasteiger partial charge >= 0.3 is 0 Å². The second-order valence-corrected chi connectivity index (χ2v) is 6.69. The van der Waals surface area contributed by atoms with E-state index in [1.54, 1.807) is 18.5 Å². The summed E-state index contributed by atoms with van der Waals surface area (Å²) in [6.45, 7) is 3.17. The highest BCUT2D eigenvalue weighted by Crippen LogP contribution is 2.37. The van der Waals surface area contributed by atoms with E-state index in [1.165, 1.54) is 0 Å². The van der Waals surface area contributed by atoms with Crippen LogP contribution in [0.4, 0.5) is 0 Å². The monoisotopic (exact) mass is 343 g/mol. The fourth-order valence-corrected chi connectivity index (χ4v) is 3.56. The van der Waals surface area contributed by atoms with E-state index >= 15 is 0 Å². The van der Waals surface area contributed by atoms with Crippen molar-refractivity contribution in [2.24, 2.45) is 5.41 Å². The van der Waals surface area contributed by atoms with Crippen LogP contribution < -0.4 is 16.0 Å². The summed E-state index contributed by atoms with van der Waals surface area (Å²) in [6, 6.07) is 1.56. The topological polar surface area (TPSA) is 118 Å². The number of carbonyl (C=O) groups excluding carboxylic acids is 1. The number of nitrogens with one attached hydrogen (secondary N) is 3. The van der Waals surface area contributed by atoms with Crippen molar-refractivity contribution < 1.29 is 9.32 Å². The Kier molecular flexibility index (Phi) is 4.41. The van der Waals surface area contributed by atoms with Crippen LogP contribution in [0.3, 0.4) is 0 Å². The van der Waals surface area contributed by atoms with Crippen LogP contribution in [0.15, 0.2) is 23.0 Å². The van der Waals surface area contributed by atoms with Crippen molar-refractivity contribution in [3.63, 3.8) is 0 Å². The van der Waals surface area contributed by atoms with E-state index in [0.717, 1.165) is 38.9 Å². The van der Waals surface area contributed by atoms with Crippen molar-refractivity contribution in [1.29, 1.82) is 0 Å². The molecule has 3 N–H and O–H groups in total. The largest absolute Gasteiger partial charge is 0.346 e. The number of hydrogen-bond acceptors (Lipinski definition) is 8. The molecule has 1 atom stereocenters. The van der Waals surface area contributed by atoms with Crippen molar-refractivity contribution in [2.45, 2.75) is 31.8 Å². The molecule has 0 bridgehead atoms. The Morgan fingerprint density at radius 1 is 1.28 bits per heavy atom. The average Bonchev–Trinajstić information content (AvgIpc) is 3.29. The van der Waals surface area contributed by atoms with Crippen LogP contribution in [0.25, 0.3) is 11.6 Å². The fraction of sp³-hybridized carbons (Fsp3) is 0.562. The molecule has 9 heteroatoms. The number of piperidine rings is 1. The molecule has 1 spiro atoms. The van der Waals surface area contributed by atoms with Gasteiger partial charge in [0.05, 0.1) is 12.6 Å². The van der Waals surface area contributed by atoms with Gasteiger partial charge in [0.15, 0.2) is 0 Å². The van der Waals surface area contributed by atoms with Crippen molar-refractivity contribution in [3.8, 4) is 11.6 Å². The molecular weight excluding hydrogens is 322 g/mol. The maximum absolute atomic E-state index is 12.4. The SMILES string of the molecule is O=C(NCc1nc(-c2ncccn2)no1)[C@@H]1CC2(CCNCC2)CN1. The first-order chi connectivity index (χ1) is 12.2. The van der Waals surface area contributed by atoms with Gasteiger partial charge in [-0.3, -0.25) is 4.79 Å². The molecule has 132 valence electrons. The Labute approximate surface area is 145 Å². The summed E-state index contributed by atoms with van der Waals surface area (Å²) < 4.78 is 5.16. The van der Waals surface area contributed by atoms with E-state index < -0.39 is 0 Å². The molecule has 2 aliphatic rings. The minimum absolute atomic E-state index is 0.0221. The lowest BCUT2D eigenvalue weighted by Crippen LogP contribution is -2.40. The first kappa shape index (κ1) is 16.1. The minimum atomic E-state index is -0.155. The Balaban J connectivity index is 1.31. The zero-order valence-electron chi connectivity index (χ0n) is 13.9. The van der Waals surface area contributed by atoms with Crippen LogP contribution in [0.5, 0.6) is 0 Å². The number of hydrogen-bond donors (Lipinski definition) is 3. The van der Waals surface area contributed by atoms with Gasteiger partial charge in [-0.2, -0.15) is 4.98 Å². The lowest BCUT2D eigenvalue weighted by atomic mass is 9.77. The van der Waals surface area contributed by atoms with Crippen LogP contribution >= 0.6 is 0 Å². The van der Waals surface area contributed by atoms with Crippen LogP contribution in [-0.4, -0.2) is 51.7 Å². The molecule has 0 aromatic carbocycles. The minimum Gasteiger partial charge on any atom is -0.346 e. The van der Waals surface area contributed by atoms with Crippen LogP contribution in [0, 0.1) is 5.41 Å². The van der Waals surface area contributed by atoms with Crippen molar-refractivity contribution in [3.05, 3.63) is 24.4 Å². The van der Waals surface area contributed by atoms with E-state index in [4.69, 9.17) is 4.52 Å². The first-order valence-corrected chi connectivity index (χ1v) is 8.56. The van der Waals surface area contributed by atoms with E-state index in [-0.39, 0.29) is 23.9 Å². The maximum atomic E-state index is 12.4. The molecule has 1 amide bonds. The number of aromatic nitrogens is 4. The zero-order valence-corrected chi connectivity index (χ0v) is 13.9. The van der Waals surface area contributed by atoms with Crippen LogP contribution in [-0.2, 0) is 11.3 Å². The summed E-state index contributed by atoms with van der Waals surface area (Å²) >= 11 is 0. The second-order valence-electron chi connectivity index (χ2n) is 6.69. The summed E-state index contributed by atoms with van der Waals surface area (Å²) in [7, 11) is 0. The van der Waals surface area contributed by atoms with Gasteiger partial charge in [-0.15, -0.1) is 0 Å². The molecule has 2 aromatic heterocycles. The van der Waals surface area contributed by atoms with Gasteiger partial charge in [-0.05, 0) is 43.8 Å². The highest BCUT2D eigenvalue weighted by Gasteiger charge is 2.42. The number of carbonyl (C=O) groups is 1. The quantitative estimate of drug-likeness (QED) is 0.703. The van der Waals surface area contributed by atoms with Gasteiger partial charge in [0.1, 0.15) is 0 Å². The zero-order chi connectivity index (χ0) is 17.1. The molecule has 0 saturated carbocycles. The molecule has 9 nitrogen and oxygen atoms in total. The summed E-state index contributed by atoms with van der Waals surface area (Å²) in [5.41, 5.74) is 0.259. The third-order valence-corrected chi connectivity index (χ3v) is 4.99. The van der Waals surface area contributed by atoms with Gasteiger partial charge < -0.3 is 20.5 Å². The summed E-state index contributed by atoms with van der Waals surface area (Å²) in [5, 5.41) is 13.5.